The van der Waals surface area contributed by atoms with Crippen molar-refractivity contribution in [3.8, 4) is 6.07 Å². The predicted molar refractivity (Wildman–Crippen MR) is 107 cm³/mol. The summed E-state index contributed by atoms with van der Waals surface area (Å²) in [5.74, 6) is 0.169. The third-order valence-electron chi connectivity index (χ3n) is 4.55. The van der Waals surface area contributed by atoms with Crippen LogP contribution in [-0.2, 0) is 14.6 Å². The maximum absolute atomic E-state index is 12.8. The van der Waals surface area contributed by atoms with Gasteiger partial charge in [0.2, 0.25) is 5.91 Å². The molecule has 2 atom stereocenters. The van der Waals surface area contributed by atoms with Crippen LogP contribution in [0.25, 0.3) is 0 Å². The number of rotatable bonds is 8. The highest BCUT2D eigenvalue weighted by molar-refractivity contribution is 9.09. The number of sulfone groups is 1. The van der Waals surface area contributed by atoms with Crippen molar-refractivity contribution in [1.29, 1.82) is 5.26 Å². The standard InChI is InChI=1S/C18H23BrN2O3S2/c19-9-12-25-15-5-7-16(8-6-15)26(23,24)13-14-3-1-2-4-17(14)18(22)21-11-10-20/h5-8,14,17H,1-4,9,11-13H2,(H,21,22). The number of carbonyl (C=O) groups excluding carboxylic acids is 1. The van der Waals surface area contributed by atoms with Crippen LogP contribution in [0.4, 0.5) is 0 Å². The second-order valence-corrected chi connectivity index (χ2v) is 10.3. The average molecular weight is 459 g/mol. The lowest BCUT2D eigenvalue weighted by Crippen LogP contribution is -2.39. The first-order chi connectivity index (χ1) is 12.5. The molecule has 0 bridgehead atoms. The van der Waals surface area contributed by atoms with E-state index in [9.17, 15) is 13.2 Å². The molecule has 8 heteroatoms. The van der Waals surface area contributed by atoms with Crippen molar-refractivity contribution in [2.75, 3.05) is 23.4 Å². The molecule has 1 aromatic rings. The lowest BCUT2D eigenvalue weighted by Gasteiger charge is -2.30. The molecule has 0 heterocycles. The van der Waals surface area contributed by atoms with Crippen molar-refractivity contribution >= 4 is 43.4 Å². The van der Waals surface area contributed by atoms with Gasteiger partial charge in [0, 0.05) is 21.9 Å². The van der Waals surface area contributed by atoms with Gasteiger partial charge >= 0.3 is 0 Å². The number of hydrogen-bond acceptors (Lipinski definition) is 5. The average Bonchev–Trinajstić information content (AvgIpc) is 2.65. The molecule has 1 saturated carbocycles. The minimum atomic E-state index is -3.45. The van der Waals surface area contributed by atoms with E-state index in [4.69, 9.17) is 5.26 Å². The number of carbonyl (C=O) groups is 1. The lowest BCUT2D eigenvalue weighted by molar-refractivity contribution is -0.127. The quantitative estimate of drug-likeness (QED) is 0.366. The first-order valence-electron chi connectivity index (χ1n) is 8.64. The van der Waals surface area contributed by atoms with Gasteiger partial charge in [0.15, 0.2) is 9.84 Å². The van der Waals surface area contributed by atoms with Crippen LogP contribution < -0.4 is 5.32 Å². The topological polar surface area (TPSA) is 87.0 Å². The Morgan fingerprint density at radius 3 is 2.62 bits per heavy atom. The number of hydrogen-bond donors (Lipinski definition) is 1. The van der Waals surface area contributed by atoms with Gasteiger partial charge in [-0.15, -0.1) is 11.8 Å². The van der Waals surface area contributed by atoms with E-state index in [1.165, 1.54) is 0 Å². The van der Waals surface area contributed by atoms with E-state index in [1.54, 1.807) is 23.9 Å². The highest BCUT2D eigenvalue weighted by atomic mass is 79.9. The summed E-state index contributed by atoms with van der Waals surface area (Å²) in [7, 11) is -3.45. The van der Waals surface area contributed by atoms with Crippen molar-refractivity contribution in [3.63, 3.8) is 0 Å². The summed E-state index contributed by atoms with van der Waals surface area (Å²) in [5.41, 5.74) is 0. The van der Waals surface area contributed by atoms with E-state index in [2.05, 4.69) is 21.2 Å². The highest BCUT2D eigenvalue weighted by Crippen LogP contribution is 2.33. The summed E-state index contributed by atoms with van der Waals surface area (Å²) in [5, 5.41) is 12.1. The molecule has 1 aliphatic carbocycles. The Morgan fingerprint density at radius 1 is 1.27 bits per heavy atom. The fourth-order valence-corrected chi connectivity index (χ4v) is 6.12. The van der Waals surface area contributed by atoms with Crippen LogP contribution in [0.5, 0.6) is 0 Å². The number of nitrogens with one attached hydrogen (secondary N) is 1. The number of halogens is 1. The zero-order valence-corrected chi connectivity index (χ0v) is 17.7. The largest absolute Gasteiger partial charge is 0.343 e. The van der Waals surface area contributed by atoms with E-state index in [0.29, 0.717) is 11.3 Å². The van der Waals surface area contributed by atoms with Gasteiger partial charge in [0.25, 0.3) is 0 Å². The summed E-state index contributed by atoms with van der Waals surface area (Å²) in [6, 6.07) is 8.86. The molecule has 2 rings (SSSR count). The van der Waals surface area contributed by atoms with Gasteiger partial charge in [-0.25, -0.2) is 8.42 Å². The molecule has 1 N–H and O–H groups in total. The minimum absolute atomic E-state index is 0.0223. The van der Waals surface area contributed by atoms with Crippen molar-refractivity contribution in [2.45, 2.75) is 35.5 Å². The van der Waals surface area contributed by atoms with E-state index in [-0.39, 0.29) is 30.0 Å². The fourth-order valence-electron chi connectivity index (χ4n) is 3.29. The molecule has 1 aromatic carbocycles. The van der Waals surface area contributed by atoms with E-state index in [1.807, 2.05) is 18.2 Å². The normalized spacial score (nSPS) is 20.3. The number of alkyl halides is 1. The Labute approximate surface area is 168 Å². The first kappa shape index (κ1) is 21.3. The summed E-state index contributed by atoms with van der Waals surface area (Å²) in [6.07, 6.45) is 3.26. The predicted octanol–water partition coefficient (Wildman–Crippen LogP) is 3.39. The van der Waals surface area contributed by atoms with Crippen molar-refractivity contribution in [1.82, 2.24) is 5.32 Å². The van der Waals surface area contributed by atoms with Gasteiger partial charge in [-0.2, -0.15) is 5.26 Å². The molecule has 1 fully saturated rings. The van der Waals surface area contributed by atoms with Crippen LogP contribution in [0.2, 0.25) is 0 Å². The summed E-state index contributed by atoms with van der Waals surface area (Å²) in [4.78, 5) is 13.6. The third kappa shape index (κ3) is 6.00. The van der Waals surface area contributed by atoms with Gasteiger partial charge in [0.1, 0.15) is 6.54 Å². The SMILES string of the molecule is N#CCNC(=O)C1CCCCC1CS(=O)(=O)c1ccc(SCCBr)cc1. The van der Waals surface area contributed by atoms with E-state index in [0.717, 1.165) is 35.2 Å². The monoisotopic (exact) mass is 458 g/mol. The van der Waals surface area contributed by atoms with Gasteiger partial charge in [0.05, 0.1) is 16.7 Å². The van der Waals surface area contributed by atoms with Gasteiger partial charge in [-0.1, -0.05) is 28.8 Å². The Morgan fingerprint density at radius 2 is 1.96 bits per heavy atom. The van der Waals surface area contributed by atoms with Crippen molar-refractivity contribution in [2.24, 2.45) is 11.8 Å². The number of amides is 1. The second-order valence-electron chi connectivity index (χ2n) is 6.32. The van der Waals surface area contributed by atoms with Crippen LogP contribution in [0.3, 0.4) is 0 Å². The molecular weight excluding hydrogens is 436 g/mol. The number of nitriles is 1. The Kier molecular flexibility index (Phi) is 8.45. The number of nitrogens with zero attached hydrogens (tertiary/aromatic N) is 1. The highest BCUT2D eigenvalue weighted by Gasteiger charge is 2.34. The zero-order chi connectivity index (χ0) is 19.0. The maximum atomic E-state index is 12.8. The molecule has 5 nitrogen and oxygen atoms in total. The molecule has 142 valence electrons. The Bertz CT molecular complexity index is 745. The maximum Gasteiger partial charge on any atom is 0.224 e. The summed E-state index contributed by atoms with van der Waals surface area (Å²) in [6.45, 7) is -0.0394. The minimum Gasteiger partial charge on any atom is -0.343 e. The molecule has 0 spiro atoms. The summed E-state index contributed by atoms with van der Waals surface area (Å²) >= 11 is 5.04. The molecule has 1 amide bonds. The van der Waals surface area contributed by atoms with Crippen molar-refractivity contribution < 1.29 is 13.2 Å². The Hall–Kier alpha value is -1.04. The zero-order valence-electron chi connectivity index (χ0n) is 14.5. The van der Waals surface area contributed by atoms with Gasteiger partial charge in [-0.3, -0.25) is 4.79 Å². The van der Waals surface area contributed by atoms with E-state index < -0.39 is 9.84 Å². The molecule has 0 aliphatic heterocycles. The fraction of sp³-hybridized carbons (Fsp3) is 0.556. The molecule has 1 aliphatic rings. The van der Waals surface area contributed by atoms with Gasteiger partial charge < -0.3 is 5.32 Å². The molecule has 2 unspecified atom stereocenters. The number of benzene rings is 1. The summed E-state index contributed by atoms with van der Waals surface area (Å²) < 4.78 is 25.6. The van der Waals surface area contributed by atoms with Crippen LogP contribution >= 0.6 is 27.7 Å². The van der Waals surface area contributed by atoms with Crippen LogP contribution in [0.1, 0.15) is 25.7 Å². The van der Waals surface area contributed by atoms with Crippen LogP contribution in [0, 0.1) is 23.2 Å². The number of thioether (sulfide) groups is 1. The second kappa shape index (κ2) is 10.3. The van der Waals surface area contributed by atoms with Gasteiger partial charge in [-0.05, 0) is 43.0 Å². The van der Waals surface area contributed by atoms with Crippen molar-refractivity contribution in [3.05, 3.63) is 24.3 Å². The third-order valence-corrected chi connectivity index (χ3v) is 8.34. The van der Waals surface area contributed by atoms with Crippen LogP contribution in [-0.4, -0.2) is 37.7 Å². The molecule has 0 saturated heterocycles. The van der Waals surface area contributed by atoms with E-state index >= 15 is 0 Å². The molecule has 0 radical (unpaired) electrons. The molecule has 26 heavy (non-hydrogen) atoms. The molecular formula is C18H23BrN2O3S2. The molecule has 0 aromatic heterocycles. The smallest absolute Gasteiger partial charge is 0.224 e. The first-order valence-corrected chi connectivity index (χ1v) is 12.4. The van der Waals surface area contributed by atoms with Crippen LogP contribution in [0.15, 0.2) is 34.1 Å². The Balaban J connectivity index is 2.08. The lowest BCUT2D eigenvalue weighted by atomic mass is 9.80.